The van der Waals surface area contributed by atoms with Crippen molar-refractivity contribution in [1.82, 2.24) is 5.32 Å². The number of hydrogen-bond acceptors (Lipinski definition) is 1. The van der Waals surface area contributed by atoms with E-state index in [-0.39, 0.29) is 11.9 Å². The molecule has 2 unspecified atom stereocenters. The van der Waals surface area contributed by atoms with Gasteiger partial charge < -0.3 is 5.32 Å². The van der Waals surface area contributed by atoms with Crippen molar-refractivity contribution in [3.05, 3.63) is 35.1 Å². The first kappa shape index (κ1) is 17.2. The molecule has 0 aliphatic rings. The van der Waals surface area contributed by atoms with Crippen LogP contribution in [0, 0.1) is 18.7 Å². The number of rotatable bonds is 9. The monoisotopic (exact) mass is 279 g/mol. The molecule has 0 aliphatic carbocycles. The summed E-state index contributed by atoms with van der Waals surface area (Å²) < 4.78 is 13.6. The van der Waals surface area contributed by atoms with E-state index in [9.17, 15) is 4.39 Å². The quantitative estimate of drug-likeness (QED) is 0.639. The van der Waals surface area contributed by atoms with Gasteiger partial charge in [-0.3, -0.25) is 0 Å². The molecule has 114 valence electrons. The van der Waals surface area contributed by atoms with E-state index >= 15 is 0 Å². The zero-order chi connectivity index (χ0) is 15.0. The van der Waals surface area contributed by atoms with Crippen molar-refractivity contribution in [2.75, 3.05) is 6.54 Å². The normalized spacial score (nSPS) is 14.2. The Labute approximate surface area is 124 Å². The van der Waals surface area contributed by atoms with Crippen molar-refractivity contribution >= 4 is 0 Å². The van der Waals surface area contributed by atoms with Crippen molar-refractivity contribution in [3.8, 4) is 0 Å². The summed E-state index contributed by atoms with van der Waals surface area (Å²) in [6, 6.07) is 5.46. The molecular weight excluding hydrogens is 249 g/mol. The van der Waals surface area contributed by atoms with E-state index in [1.54, 1.807) is 12.1 Å². The molecule has 0 fully saturated rings. The van der Waals surface area contributed by atoms with Crippen LogP contribution in [0.1, 0.15) is 70.0 Å². The third-order valence-electron chi connectivity index (χ3n) is 4.11. The highest BCUT2D eigenvalue weighted by Crippen LogP contribution is 2.31. The van der Waals surface area contributed by atoms with Crippen LogP contribution in [0.15, 0.2) is 18.2 Å². The van der Waals surface area contributed by atoms with E-state index in [0.717, 1.165) is 24.9 Å². The van der Waals surface area contributed by atoms with Crippen LogP contribution in [0.5, 0.6) is 0 Å². The Morgan fingerprint density at radius 1 is 1.15 bits per heavy atom. The van der Waals surface area contributed by atoms with Gasteiger partial charge in [-0.25, -0.2) is 4.39 Å². The molecule has 0 saturated heterocycles. The molecule has 1 rings (SSSR count). The molecule has 0 radical (unpaired) electrons. The molecule has 2 heteroatoms. The highest BCUT2D eigenvalue weighted by molar-refractivity contribution is 5.30. The Bertz CT molecular complexity index is 389. The molecule has 20 heavy (non-hydrogen) atoms. The maximum Gasteiger partial charge on any atom is 0.123 e. The summed E-state index contributed by atoms with van der Waals surface area (Å²) >= 11 is 0. The number of benzene rings is 1. The van der Waals surface area contributed by atoms with E-state index in [2.05, 4.69) is 33.0 Å². The lowest BCUT2D eigenvalue weighted by atomic mass is 9.85. The number of aryl methyl sites for hydroxylation is 1. The van der Waals surface area contributed by atoms with Crippen molar-refractivity contribution in [2.24, 2.45) is 5.92 Å². The molecule has 1 nitrogen and oxygen atoms in total. The number of hydrogen-bond donors (Lipinski definition) is 1. The third kappa shape index (κ3) is 4.90. The van der Waals surface area contributed by atoms with Gasteiger partial charge in [0, 0.05) is 6.04 Å². The molecule has 0 bridgehead atoms. The molecule has 1 N–H and O–H groups in total. The van der Waals surface area contributed by atoms with Crippen molar-refractivity contribution < 1.29 is 4.39 Å². The third-order valence-corrected chi connectivity index (χ3v) is 4.11. The van der Waals surface area contributed by atoms with E-state index < -0.39 is 0 Å². The van der Waals surface area contributed by atoms with Crippen LogP contribution >= 0.6 is 0 Å². The molecule has 0 saturated carbocycles. The summed E-state index contributed by atoms with van der Waals surface area (Å²) in [5.74, 6) is 0.459. The van der Waals surface area contributed by atoms with Crippen molar-refractivity contribution in [1.29, 1.82) is 0 Å². The second kappa shape index (κ2) is 9.12. The van der Waals surface area contributed by atoms with Gasteiger partial charge in [0.1, 0.15) is 5.82 Å². The van der Waals surface area contributed by atoms with Gasteiger partial charge in [0.15, 0.2) is 0 Å². The van der Waals surface area contributed by atoms with E-state index in [4.69, 9.17) is 0 Å². The average Bonchev–Trinajstić information content (AvgIpc) is 2.45. The lowest BCUT2D eigenvalue weighted by molar-refractivity contribution is 0.322. The second-order valence-electron chi connectivity index (χ2n) is 5.74. The van der Waals surface area contributed by atoms with Gasteiger partial charge in [-0.05, 0) is 55.5 Å². The summed E-state index contributed by atoms with van der Waals surface area (Å²) in [5.41, 5.74) is 2.33. The molecule has 0 heterocycles. The fourth-order valence-electron chi connectivity index (χ4n) is 2.85. The second-order valence-corrected chi connectivity index (χ2v) is 5.74. The lowest BCUT2D eigenvalue weighted by Crippen LogP contribution is -2.29. The van der Waals surface area contributed by atoms with Gasteiger partial charge >= 0.3 is 0 Å². The SMILES string of the molecule is CCCCC(CC)C(NCCC)c1cc(F)ccc1C. The predicted molar refractivity (Wildman–Crippen MR) is 85.5 cm³/mol. The van der Waals surface area contributed by atoms with Crippen LogP contribution < -0.4 is 5.32 Å². The Hall–Kier alpha value is -0.890. The van der Waals surface area contributed by atoms with Crippen LogP contribution in [0.4, 0.5) is 4.39 Å². The molecule has 0 amide bonds. The number of halogens is 1. The smallest absolute Gasteiger partial charge is 0.123 e. The highest BCUT2D eigenvalue weighted by atomic mass is 19.1. The summed E-state index contributed by atoms with van der Waals surface area (Å²) in [6.07, 6.45) is 5.92. The summed E-state index contributed by atoms with van der Waals surface area (Å²) in [4.78, 5) is 0. The summed E-state index contributed by atoms with van der Waals surface area (Å²) in [7, 11) is 0. The lowest BCUT2D eigenvalue weighted by Gasteiger charge is -2.29. The molecule has 0 spiro atoms. The first-order chi connectivity index (χ1) is 9.63. The maximum atomic E-state index is 13.6. The number of nitrogens with one attached hydrogen (secondary N) is 1. The average molecular weight is 279 g/mol. The predicted octanol–water partition coefficient (Wildman–Crippen LogP) is 5.39. The van der Waals surface area contributed by atoms with E-state index in [0.29, 0.717) is 5.92 Å². The minimum atomic E-state index is -0.126. The summed E-state index contributed by atoms with van der Waals surface area (Å²) in [6.45, 7) is 9.73. The van der Waals surface area contributed by atoms with Gasteiger partial charge in [0.05, 0.1) is 0 Å². The zero-order valence-electron chi connectivity index (χ0n) is 13.5. The van der Waals surface area contributed by atoms with Crippen molar-refractivity contribution in [3.63, 3.8) is 0 Å². The maximum absolute atomic E-state index is 13.6. The first-order valence-corrected chi connectivity index (χ1v) is 8.13. The Morgan fingerprint density at radius 3 is 2.50 bits per heavy atom. The Balaban J connectivity index is 2.99. The number of unbranched alkanes of at least 4 members (excludes halogenated alkanes) is 1. The Kier molecular flexibility index (Phi) is 7.83. The van der Waals surface area contributed by atoms with Crippen LogP contribution in [0.3, 0.4) is 0 Å². The molecular formula is C18H30FN. The fourth-order valence-corrected chi connectivity index (χ4v) is 2.85. The van der Waals surface area contributed by atoms with E-state index in [1.807, 2.05) is 6.07 Å². The minimum Gasteiger partial charge on any atom is -0.310 e. The van der Waals surface area contributed by atoms with Crippen LogP contribution in [-0.2, 0) is 0 Å². The van der Waals surface area contributed by atoms with Gasteiger partial charge in [0.2, 0.25) is 0 Å². The zero-order valence-corrected chi connectivity index (χ0v) is 13.5. The topological polar surface area (TPSA) is 12.0 Å². The molecule has 0 aromatic heterocycles. The molecule has 0 aliphatic heterocycles. The van der Waals surface area contributed by atoms with E-state index in [1.165, 1.54) is 24.8 Å². The first-order valence-electron chi connectivity index (χ1n) is 8.13. The highest BCUT2D eigenvalue weighted by Gasteiger charge is 2.22. The van der Waals surface area contributed by atoms with Crippen LogP contribution in [0.25, 0.3) is 0 Å². The van der Waals surface area contributed by atoms with Gasteiger partial charge in [-0.2, -0.15) is 0 Å². The largest absolute Gasteiger partial charge is 0.310 e. The molecule has 2 atom stereocenters. The summed E-state index contributed by atoms with van der Waals surface area (Å²) in [5, 5.41) is 3.65. The molecule has 1 aromatic carbocycles. The van der Waals surface area contributed by atoms with Gasteiger partial charge in [-0.15, -0.1) is 0 Å². The standard InChI is InChI=1S/C18H30FN/c1-5-8-9-15(7-3)18(20-12-6-2)17-13-16(19)11-10-14(17)4/h10-11,13,15,18,20H,5-9,12H2,1-4H3. The minimum absolute atomic E-state index is 0.126. The van der Waals surface area contributed by atoms with Gasteiger partial charge in [-0.1, -0.05) is 46.1 Å². The van der Waals surface area contributed by atoms with Crippen molar-refractivity contribution in [2.45, 2.75) is 65.8 Å². The molecule has 1 aromatic rings. The fraction of sp³-hybridized carbons (Fsp3) is 0.667. The van der Waals surface area contributed by atoms with Crippen LogP contribution in [0.2, 0.25) is 0 Å². The van der Waals surface area contributed by atoms with Gasteiger partial charge in [0.25, 0.3) is 0 Å². The van der Waals surface area contributed by atoms with Crippen LogP contribution in [-0.4, -0.2) is 6.54 Å². The Morgan fingerprint density at radius 2 is 1.90 bits per heavy atom.